The monoisotopic (exact) mass is 552 g/mol. The topological polar surface area (TPSA) is 109 Å². The third kappa shape index (κ3) is 6.90. The molecule has 1 heterocycles. The lowest BCUT2D eigenvalue weighted by molar-refractivity contribution is -0.207. The summed E-state index contributed by atoms with van der Waals surface area (Å²) in [5.41, 5.74) is -2.09. The van der Waals surface area contributed by atoms with Crippen molar-refractivity contribution in [2.45, 2.75) is 37.6 Å². The van der Waals surface area contributed by atoms with Gasteiger partial charge in [-0.25, -0.2) is 9.48 Å². The van der Waals surface area contributed by atoms with Crippen molar-refractivity contribution in [2.24, 2.45) is 0 Å². The summed E-state index contributed by atoms with van der Waals surface area (Å²) in [5, 5.41) is 25.6. The average molecular weight is 553 g/mol. The van der Waals surface area contributed by atoms with E-state index >= 15 is 0 Å². The first-order chi connectivity index (χ1) is 17.2. The lowest BCUT2D eigenvalue weighted by atomic mass is 10.0. The van der Waals surface area contributed by atoms with E-state index in [0.717, 1.165) is 18.2 Å². The van der Waals surface area contributed by atoms with E-state index in [4.69, 9.17) is 11.6 Å². The van der Waals surface area contributed by atoms with E-state index in [0.29, 0.717) is 9.25 Å². The van der Waals surface area contributed by atoms with E-state index in [-0.39, 0.29) is 22.0 Å². The van der Waals surface area contributed by atoms with Crippen LogP contribution in [-0.4, -0.2) is 49.4 Å². The Morgan fingerprint density at radius 3 is 2.30 bits per heavy atom. The van der Waals surface area contributed by atoms with Crippen LogP contribution in [0, 0.1) is 0 Å². The fourth-order valence-corrected chi connectivity index (χ4v) is 3.47. The minimum atomic E-state index is -5.05. The number of aliphatic hydroxyl groups is 2. The number of halogens is 7. The zero-order valence-corrected chi connectivity index (χ0v) is 19.3. The van der Waals surface area contributed by atoms with E-state index in [1.165, 1.54) is 30.3 Å². The predicted octanol–water partition coefficient (Wildman–Crippen LogP) is 3.16. The van der Waals surface area contributed by atoms with Gasteiger partial charge in [-0.15, -0.1) is 5.10 Å². The second-order valence-electron chi connectivity index (χ2n) is 7.86. The molecule has 1 amide bonds. The summed E-state index contributed by atoms with van der Waals surface area (Å²) < 4.78 is 78.9. The van der Waals surface area contributed by atoms with E-state index in [9.17, 15) is 46.1 Å². The number of amides is 1. The third-order valence-corrected chi connectivity index (χ3v) is 5.44. The average Bonchev–Trinajstić information content (AvgIpc) is 3.11. The maximum absolute atomic E-state index is 13.0. The van der Waals surface area contributed by atoms with Gasteiger partial charge in [0.15, 0.2) is 11.9 Å². The number of benzene rings is 2. The predicted molar refractivity (Wildman–Crippen MR) is 118 cm³/mol. The number of rotatable bonds is 8. The van der Waals surface area contributed by atoms with Gasteiger partial charge in [-0.2, -0.15) is 26.3 Å². The molecule has 0 fully saturated rings. The summed E-state index contributed by atoms with van der Waals surface area (Å²) in [6.45, 7) is -2.85. The first-order valence-corrected chi connectivity index (χ1v) is 10.8. The van der Waals surface area contributed by atoms with Crippen LogP contribution in [0.2, 0.25) is 5.02 Å². The number of hydrogen-bond donors (Lipinski definition) is 3. The van der Waals surface area contributed by atoms with Crippen LogP contribution in [0.15, 0.2) is 53.3 Å². The molecule has 1 aromatic heterocycles. The van der Waals surface area contributed by atoms with Gasteiger partial charge in [-0.1, -0.05) is 23.7 Å². The van der Waals surface area contributed by atoms with Gasteiger partial charge >= 0.3 is 18.0 Å². The van der Waals surface area contributed by atoms with E-state index in [1.54, 1.807) is 0 Å². The molecule has 37 heavy (non-hydrogen) atoms. The van der Waals surface area contributed by atoms with Crippen molar-refractivity contribution in [3.63, 3.8) is 0 Å². The number of nitrogens with one attached hydrogen (secondary N) is 1. The molecule has 0 aliphatic carbocycles. The Labute approximate surface area is 209 Å². The van der Waals surface area contributed by atoms with Crippen LogP contribution in [0.4, 0.5) is 26.3 Å². The van der Waals surface area contributed by atoms with Crippen molar-refractivity contribution in [3.05, 3.63) is 75.2 Å². The zero-order valence-electron chi connectivity index (χ0n) is 18.6. The van der Waals surface area contributed by atoms with Gasteiger partial charge in [0.25, 0.3) is 0 Å². The van der Waals surface area contributed by atoms with Gasteiger partial charge in [0, 0.05) is 10.6 Å². The third-order valence-electron chi connectivity index (χ3n) is 5.19. The highest BCUT2D eigenvalue weighted by molar-refractivity contribution is 6.30. The summed E-state index contributed by atoms with van der Waals surface area (Å²) in [5.74, 6) is -1.27. The molecule has 2 unspecified atom stereocenters. The molecular formula is C22H19ClF6N4O4. The molecule has 3 rings (SSSR count). The summed E-state index contributed by atoms with van der Waals surface area (Å²) >= 11 is 5.82. The van der Waals surface area contributed by atoms with Crippen molar-refractivity contribution in [2.75, 3.05) is 6.61 Å². The molecule has 200 valence electrons. The lowest BCUT2D eigenvalue weighted by Gasteiger charge is -2.18. The minimum absolute atomic E-state index is 0.0706. The molecule has 0 aliphatic rings. The molecule has 3 N–H and O–H groups in total. The van der Waals surface area contributed by atoms with Gasteiger partial charge in [-0.05, 0) is 42.0 Å². The molecule has 2 atom stereocenters. The quantitative estimate of drug-likeness (QED) is 0.372. The maximum atomic E-state index is 13.0. The van der Waals surface area contributed by atoms with E-state index < -0.39 is 61.4 Å². The molecule has 0 bridgehead atoms. The Morgan fingerprint density at radius 1 is 1.08 bits per heavy atom. The standard InChI is InChI=1S/C22H19ClF6N4O4/c23-15-6-4-12(5-7-15)19-31-33(20(37)32(19)9-17(35)22(27,28)29)10-18(36)30-16(11-34)13-2-1-3-14(8-13)21(24,25)26/h1-8,16-17,34-35H,9-11H2,(H,30,36). The molecule has 0 radical (unpaired) electrons. The summed E-state index contributed by atoms with van der Waals surface area (Å²) in [7, 11) is 0. The Bertz CT molecular complexity index is 1300. The highest BCUT2D eigenvalue weighted by Gasteiger charge is 2.39. The molecule has 15 heteroatoms. The van der Waals surface area contributed by atoms with Crippen molar-refractivity contribution >= 4 is 17.5 Å². The van der Waals surface area contributed by atoms with Crippen molar-refractivity contribution in [1.29, 1.82) is 0 Å². The zero-order chi connectivity index (χ0) is 27.5. The van der Waals surface area contributed by atoms with E-state index in [1.807, 2.05) is 0 Å². The van der Waals surface area contributed by atoms with Gasteiger partial charge < -0.3 is 15.5 Å². The molecule has 8 nitrogen and oxygen atoms in total. The molecule has 0 spiro atoms. The first-order valence-electron chi connectivity index (χ1n) is 10.5. The van der Waals surface area contributed by atoms with Crippen molar-refractivity contribution in [3.8, 4) is 11.4 Å². The second-order valence-corrected chi connectivity index (χ2v) is 8.30. The minimum Gasteiger partial charge on any atom is -0.394 e. The Balaban J connectivity index is 1.89. The normalized spacial score (nSPS) is 13.9. The Kier molecular flexibility index (Phi) is 8.35. The number of aliphatic hydroxyl groups excluding tert-OH is 2. The number of carbonyl (C=O) groups excluding carboxylic acids is 1. The fraction of sp³-hybridized carbons (Fsp3) is 0.318. The number of carbonyl (C=O) groups is 1. The Hall–Kier alpha value is -3.36. The first kappa shape index (κ1) is 28.2. The molecule has 0 saturated heterocycles. The van der Waals surface area contributed by atoms with Crippen LogP contribution in [0.25, 0.3) is 11.4 Å². The molecule has 0 saturated carbocycles. The number of aromatic nitrogens is 3. The summed E-state index contributed by atoms with van der Waals surface area (Å²) in [4.78, 5) is 25.4. The summed E-state index contributed by atoms with van der Waals surface area (Å²) in [6.07, 6.45) is -12.6. The molecular weight excluding hydrogens is 534 g/mol. The van der Waals surface area contributed by atoms with Gasteiger partial charge in [0.2, 0.25) is 5.91 Å². The second kappa shape index (κ2) is 10.9. The largest absolute Gasteiger partial charge is 0.416 e. The molecule has 2 aromatic carbocycles. The molecule has 0 aliphatic heterocycles. The van der Waals surface area contributed by atoms with Crippen LogP contribution < -0.4 is 11.0 Å². The van der Waals surface area contributed by atoms with Gasteiger partial charge in [-0.3, -0.25) is 9.36 Å². The highest BCUT2D eigenvalue weighted by Crippen LogP contribution is 2.31. The van der Waals surface area contributed by atoms with Crippen LogP contribution in [0.1, 0.15) is 17.2 Å². The maximum Gasteiger partial charge on any atom is 0.416 e. The van der Waals surface area contributed by atoms with Crippen LogP contribution in [0.5, 0.6) is 0 Å². The van der Waals surface area contributed by atoms with Crippen molar-refractivity contribution in [1.82, 2.24) is 19.7 Å². The van der Waals surface area contributed by atoms with Crippen molar-refractivity contribution < 1.29 is 41.4 Å². The van der Waals surface area contributed by atoms with Crippen LogP contribution >= 0.6 is 11.6 Å². The van der Waals surface area contributed by atoms with Crippen LogP contribution in [-0.2, 0) is 24.1 Å². The van der Waals surface area contributed by atoms with E-state index in [2.05, 4.69) is 10.4 Å². The summed E-state index contributed by atoms with van der Waals surface area (Å²) in [6, 6.07) is 8.09. The Morgan fingerprint density at radius 2 is 1.73 bits per heavy atom. The number of alkyl halides is 6. The number of hydrogen-bond acceptors (Lipinski definition) is 5. The van der Waals surface area contributed by atoms with Gasteiger partial charge in [0.05, 0.1) is 24.8 Å². The smallest absolute Gasteiger partial charge is 0.394 e. The van der Waals surface area contributed by atoms with Crippen LogP contribution in [0.3, 0.4) is 0 Å². The van der Waals surface area contributed by atoms with Gasteiger partial charge in [0.1, 0.15) is 6.54 Å². The molecule has 3 aromatic rings. The highest BCUT2D eigenvalue weighted by atomic mass is 35.5. The fourth-order valence-electron chi connectivity index (χ4n) is 3.34. The number of nitrogens with zero attached hydrogens (tertiary/aromatic N) is 3. The SMILES string of the molecule is O=C(Cn1nc(-c2ccc(Cl)cc2)n(CC(O)C(F)(F)F)c1=O)NC(CO)c1cccc(C(F)(F)F)c1. The lowest BCUT2D eigenvalue weighted by Crippen LogP contribution is -2.39.